The number of ether oxygens (including phenoxy) is 1. The third-order valence-electron chi connectivity index (χ3n) is 6.75. The monoisotopic (exact) mass is 512 g/mol. The minimum Gasteiger partial charge on any atom is -0.507 e. The van der Waals surface area contributed by atoms with Gasteiger partial charge in [0.25, 0.3) is 11.7 Å². The normalized spacial score (nSPS) is 16.8. The van der Waals surface area contributed by atoms with Crippen LogP contribution in [-0.4, -0.2) is 36.5 Å². The molecule has 0 saturated carbocycles. The van der Waals surface area contributed by atoms with Crippen molar-refractivity contribution in [1.82, 2.24) is 0 Å². The zero-order valence-corrected chi connectivity index (χ0v) is 22.8. The van der Waals surface area contributed by atoms with E-state index in [4.69, 9.17) is 4.74 Å². The molecule has 0 spiro atoms. The Hall–Kier alpha value is -4.06. The van der Waals surface area contributed by atoms with Gasteiger partial charge >= 0.3 is 0 Å². The van der Waals surface area contributed by atoms with Gasteiger partial charge in [-0.1, -0.05) is 50.2 Å². The number of hydrogen-bond acceptors (Lipinski definition) is 5. The number of ketones is 1. The average Bonchev–Trinajstić information content (AvgIpc) is 3.18. The Morgan fingerprint density at radius 2 is 1.66 bits per heavy atom. The van der Waals surface area contributed by atoms with Gasteiger partial charge in [-0.25, -0.2) is 0 Å². The third kappa shape index (κ3) is 5.44. The zero-order chi connectivity index (χ0) is 27.4. The second-order valence-electron chi connectivity index (χ2n) is 10.0. The Morgan fingerprint density at radius 1 is 0.974 bits per heavy atom. The topological polar surface area (TPSA) is 70.1 Å². The first-order chi connectivity index (χ1) is 18.2. The highest BCUT2D eigenvalue weighted by atomic mass is 16.5. The Labute approximate surface area is 225 Å². The molecule has 38 heavy (non-hydrogen) atoms. The van der Waals surface area contributed by atoms with Crippen molar-refractivity contribution in [3.8, 4) is 5.75 Å². The summed E-state index contributed by atoms with van der Waals surface area (Å²) in [7, 11) is 0. The van der Waals surface area contributed by atoms with Crippen LogP contribution in [0.3, 0.4) is 0 Å². The Kier molecular flexibility index (Phi) is 8.20. The number of aliphatic hydroxyl groups is 1. The molecule has 1 heterocycles. The summed E-state index contributed by atoms with van der Waals surface area (Å²) < 4.78 is 5.84. The maximum atomic E-state index is 13.5. The lowest BCUT2D eigenvalue weighted by molar-refractivity contribution is -0.132. The van der Waals surface area contributed by atoms with Crippen molar-refractivity contribution >= 4 is 28.8 Å². The minimum atomic E-state index is -0.775. The molecule has 198 valence electrons. The summed E-state index contributed by atoms with van der Waals surface area (Å²) in [4.78, 5) is 30.7. The fourth-order valence-corrected chi connectivity index (χ4v) is 4.80. The van der Waals surface area contributed by atoms with Crippen molar-refractivity contribution < 1.29 is 19.4 Å². The molecule has 0 bridgehead atoms. The second-order valence-corrected chi connectivity index (χ2v) is 10.0. The summed E-state index contributed by atoms with van der Waals surface area (Å²) in [5.41, 5.74) is 3.87. The van der Waals surface area contributed by atoms with E-state index in [1.54, 1.807) is 18.2 Å². The molecular formula is C32H36N2O4. The highest BCUT2D eigenvalue weighted by Crippen LogP contribution is 2.43. The van der Waals surface area contributed by atoms with Crippen LogP contribution in [0.25, 0.3) is 5.76 Å². The van der Waals surface area contributed by atoms with Crippen molar-refractivity contribution in [2.24, 2.45) is 5.92 Å². The van der Waals surface area contributed by atoms with Crippen LogP contribution in [0.5, 0.6) is 5.75 Å². The Morgan fingerprint density at radius 3 is 2.29 bits per heavy atom. The van der Waals surface area contributed by atoms with Gasteiger partial charge in [-0.3, -0.25) is 14.5 Å². The predicted molar refractivity (Wildman–Crippen MR) is 153 cm³/mol. The van der Waals surface area contributed by atoms with Crippen LogP contribution in [-0.2, 0) is 9.59 Å². The van der Waals surface area contributed by atoms with Gasteiger partial charge in [0.05, 0.1) is 18.2 Å². The molecule has 6 heteroatoms. The molecule has 3 aromatic carbocycles. The van der Waals surface area contributed by atoms with E-state index in [0.29, 0.717) is 29.5 Å². The second kappa shape index (κ2) is 11.5. The van der Waals surface area contributed by atoms with Gasteiger partial charge in [-0.05, 0) is 74.2 Å². The van der Waals surface area contributed by atoms with E-state index < -0.39 is 17.7 Å². The molecule has 1 fully saturated rings. The highest BCUT2D eigenvalue weighted by molar-refractivity contribution is 6.51. The molecule has 1 aliphatic rings. The quantitative estimate of drug-likeness (QED) is 0.201. The van der Waals surface area contributed by atoms with Crippen LogP contribution in [0.2, 0.25) is 0 Å². The average molecular weight is 513 g/mol. The number of rotatable bonds is 9. The number of benzene rings is 3. The third-order valence-corrected chi connectivity index (χ3v) is 6.75. The van der Waals surface area contributed by atoms with Crippen LogP contribution in [0.1, 0.15) is 50.4 Å². The van der Waals surface area contributed by atoms with Gasteiger partial charge in [-0.2, -0.15) is 0 Å². The SMILES string of the molecule is CCN(CC)c1ccc(C2/C(=C(\O)c3cccc(OCC(C)C)c3)C(=O)C(=O)N2c2cccc(C)c2)cc1. The molecular weight excluding hydrogens is 476 g/mol. The fraction of sp³-hybridized carbons (Fsp3) is 0.312. The van der Waals surface area contributed by atoms with Crippen molar-refractivity contribution in [3.63, 3.8) is 0 Å². The molecule has 0 aromatic heterocycles. The predicted octanol–water partition coefficient (Wildman–Crippen LogP) is 6.50. The summed E-state index contributed by atoms with van der Waals surface area (Å²) in [5, 5.41) is 11.5. The largest absolute Gasteiger partial charge is 0.507 e. The van der Waals surface area contributed by atoms with Gasteiger partial charge in [0.2, 0.25) is 0 Å². The Balaban J connectivity index is 1.85. The minimum absolute atomic E-state index is 0.0631. The van der Waals surface area contributed by atoms with Gasteiger partial charge < -0.3 is 14.7 Å². The van der Waals surface area contributed by atoms with E-state index in [-0.39, 0.29) is 11.3 Å². The number of aryl methyl sites for hydroxylation is 1. The lowest BCUT2D eigenvalue weighted by Gasteiger charge is -2.27. The molecule has 1 N–H and O–H groups in total. The van der Waals surface area contributed by atoms with Gasteiger partial charge in [0, 0.05) is 30.0 Å². The van der Waals surface area contributed by atoms with Crippen molar-refractivity contribution in [2.75, 3.05) is 29.5 Å². The summed E-state index contributed by atoms with van der Waals surface area (Å²) in [5.74, 6) is -0.661. The molecule has 4 rings (SSSR count). The first kappa shape index (κ1) is 27.0. The van der Waals surface area contributed by atoms with E-state index in [0.717, 1.165) is 29.9 Å². The van der Waals surface area contributed by atoms with Crippen LogP contribution in [0.4, 0.5) is 11.4 Å². The van der Waals surface area contributed by atoms with Gasteiger partial charge in [-0.15, -0.1) is 0 Å². The molecule has 1 unspecified atom stereocenters. The van der Waals surface area contributed by atoms with Crippen molar-refractivity contribution in [2.45, 2.75) is 40.7 Å². The van der Waals surface area contributed by atoms with Crippen molar-refractivity contribution in [1.29, 1.82) is 0 Å². The Bertz CT molecular complexity index is 1340. The molecule has 0 radical (unpaired) electrons. The van der Waals surface area contributed by atoms with Crippen LogP contribution >= 0.6 is 0 Å². The number of carbonyl (C=O) groups is 2. The zero-order valence-electron chi connectivity index (χ0n) is 22.8. The first-order valence-corrected chi connectivity index (χ1v) is 13.2. The standard InChI is InChI=1S/C32H36N2O4/c1-6-33(7-2)25-16-14-23(15-17-25)29-28(30(35)24-11-9-13-27(19-24)38-20-21(3)4)31(36)32(37)34(29)26-12-8-10-22(5)18-26/h8-19,21,29,35H,6-7,20H2,1-5H3/b30-28+. The van der Waals surface area contributed by atoms with Crippen LogP contribution in [0, 0.1) is 12.8 Å². The van der Waals surface area contributed by atoms with E-state index in [1.165, 1.54) is 4.90 Å². The molecule has 6 nitrogen and oxygen atoms in total. The summed E-state index contributed by atoms with van der Waals surface area (Å²) in [6.45, 7) is 12.5. The smallest absolute Gasteiger partial charge is 0.300 e. The lowest BCUT2D eigenvalue weighted by Crippen LogP contribution is -2.29. The van der Waals surface area contributed by atoms with Crippen molar-refractivity contribution in [3.05, 3.63) is 95.1 Å². The molecule has 1 atom stereocenters. The van der Waals surface area contributed by atoms with Gasteiger partial charge in [0.15, 0.2) is 0 Å². The first-order valence-electron chi connectivity index (χ1n) is 13.2. The van der Waals surface area contributed by atoms with Gasteiger partial charge in [0.1, 0.15) is 11.5 Å². The fourth-order valence-electron chi connectivity index (χ4n) is 4.80. The number of nitrogens with zero attached hydrogens (tertiary/aromatic N) is 2. The molecule has 1 aliphatic heterocycles. The van der Waals surface area contributed by atoms with E-state index in [1.807, 2.05) is 61.5 Å². The maximum absolute atomic E-state index is 13.5. The number of aliphatic hydroxyl groups excluding tert-OH is 1. The molecule has 1 saturated heterocycles. The lowest BCUT2D eigenvalue weighted by atomic mass is 9.94. The van der Waals surface area contributed by atoms with E-state index in [9.17, 15) is 14.7 Å². The number of anilines is 2. The van der Waals surface area contributed by atoms with E-state index in [2.05, 4.69) is 32.6 Å². The highest BCUT2D eigenvalue weighted by Gasteiger charge is 2.47. The van der Waals surface area contributed by atoms with E-state index >= 15 is 0 Å². The summed E-state index contributed by atoms with van der Waals surface area (Å²) in [6.07, 6.45) is 0. The maximum Gasteiger partial charge on any atom is 0.300 e. The molecule has 0 aliphatic carbocycles. The number of Topliss-reactive ketones (excluding diaryl/α,β-unsaturated/α-hetero) is 1. The van der Waals surface area contributed by atoms with Crippen LogP contribution < -0.4 is 14.5 Å². The molecule has 3 aromatic rings. The number of carbonyl (C=O) groups excluding carboxylic acids is 2. The summed E-state index contributed by atoms with van der Waals surface area (Å²) in [6, 6.07) is 21.6. The summed E-state index contributed by atoms with van der Waals surface area (Å²) >= 11 is 0. The molecule has 1 amide bonds. The van der Waals surface area contributed by atoms with Crippen LogP contribution in [0.15, 0.2) is 78.4 Å². The number of hydrogen-bond donors (Lipinski definition) is 1. The number of amides is 1.